The molecule has 0 aliphatic rings. The Hall–Kier alpha value is -4.45. The lowest BCUT2D eigenvalue weighted by atomic mass is 9.98. The highest BCUT2D eigenvalue weighted by Gasteiger charge is 2.17. The van der Waals surface area contributed by atoms with Gasteiger partial charge in [0.25, 0.3) is 0 Å². The van der Waals surface area contributed by atoms with Gasteiger partial charge >= 0.3 is 17.9 Å². The second-order valence-corrected chi connectivity index (χ2v) is 11.8. The van der Waals surface area contributed by atoms with E-state index in [9.17, 15) is 14.4 Å². The fourth-order valence-electron chi connectivity index (χ4n) is 5.27. The molecule has 4 aromatic carbocycles. The molecule has 0 heterocycles. The molecule has 6 nitrogen and oxygen atoms in total. The summed E-state index contributed by atoms with van der Waals surface area (Å²) >= 11 is 0. The third-order valence-corrected chi connectivity index (χ3v) is 8.17. The van der Waals surface area contributed by atoms with Crippen LogP contribution in [0.25, 0.3) is 21.9 Å². The summed E-state index contributed by atoms with van der Waals surface area (Å²) in [6, 6.07) is 25.9. The Bertz CT molecular complexity index is 1570. The number of hydrogen-bond donors (Lipinski definition) is 0. The third kappa shape index (κ3) is 10.3. The molecular weight excluding hydrogens is 576 g/mol. The summed E-state index contributed by atoms with van der Waals surface area (Å²) in [4.78, 5) is 37.6. The second kappa shape index (κ2) is 17.9. The van der Waals surface area contributed by atoms with Gasteiger partial charge in [-0.3, -0.25) is 9.59 Å². The van der Waals surface area contributed by atoms with E-state index in [2.05, 4.69) is 13.8 Å². The summed E-state index contributed by atoms with van der Waals surface area (Å²) in [5.41, 5.74) is 3.20. The number of esters is 3. The number of hydrogen-bond acceptors (Lipinski definition) is 6. The van der Waals surface area contributed by atoms with E-state index in [1.807, 2.05) is 61.5 Å². The minimum Gasteiger partial charge on any atom is -0.465 e. The highest BCUT2D eigenvalue weighted by Crippen LogP contribution is 2.27. The number of rotatable bonds is 17. The molecular formula is C40H46O6. The van der Waals surface area contributed by atoms with Crippen LogP contribution in [0.3, 0.4) is 0 Å². The average molecular weight is 623 g/mol. The van der Waals surface area contributed by atoms with Crippen LogP contribution in [-0.2, 0) is 14.3 Å². The maximum Gasteiger partial charge on any atom is 0.343 e. The van der Waals surface area contributed by atoms with Crippen LogP contribution in [0, 0.1) is 0 Å². The van der Waals surface area contributed by atoms with Crippen LogP contribution >= 0.6 is 0 Å². The van der Waals surface area contributed by atoms with Gasteiger partial charge in [-0.2, -0.15) is 0 Å². The predicted molar refractivity (Wildman–Crippen MR) is 183 cm³/mol. The fraction of sp³-hybridized carbons (Fsp3) is 0.375. The van der Waals surface area contributed by atoms with Crippen LogP contribution < -0.4 is 9.47 Å². The number of unbranched alkanes of at least 4 members (excludes halogenated alkanes) is 7. The zero-order valence-corrected chi connectivity index (χ0v) is 27.4. The topological polar surface area (TPSA) is 78.9 Å². The van der Waals surface area contributed by atoms with E-state index in [4.69, 9.17) is 14.2 Å². The van der Waals surface area contributed by atoms with Crippen LogP contribution in [0.5, 0.6) is 11.5 Å². The van der Waals surface area contributed by atoms with E-state index >= 15 is 0 Å². The lowest BCUT2D eigenvalue weighted by molar-refractivity contribution is -0.145. The average Bonchev–Trinajstić information content (AvgIpc) is 3.08. The van der Waals surface area contributed by atoms with Crippen LogP contribution in [0.15, 0.2) is 84.9 Å². The summed E-state index contributed by atoms with van der Waals surface area (Å²) in [5.74, 6) is -0.257. The fourth-order valence-corrected chi connectivity index (χ4v) is 5.27. The van der Waals surface area contributed by atoms with E-state index in [-0.39, 0.29) is 17.9 Å². The summed E-state index contributed by atoms with van der Waals surface area (Å²) < 4.78 is 16.6. The molecule has 0 aliphatic carbocycles. The molecule has 0 aromatic heterocycles. The Balaban J connectivity index is 1.29. The molecule has 1 atom stereocenters. The van der Waals surface area contributed by atoms with Gasteiger partial charge in [0.2, 0.25) is 0 Å². The second-order valence-electron chi connectivity index (χ2n) is 11.8. The molecule has 0 amide bonds. The normalized spacial score (nSPS) is 11.6. The summed E-state index contributed by atoms with van der Waals surface area (Å²) in [7, 11) is 0. The highest BCUT2D eigenvalue weighted by atomic mass is 16.5. The molecule has 0 aliphatic heterocycles. The molecule has 0 spiro atoms. The van der Waals surface area contributed by atoms with Gasteiger partial charge in [0.1, 0.15) is 11.5 Å². The zero-order chi connectivity index (χ0) is 32.7. The van der Waals surface area contributed by atoms with Crippen molar-refractivity contribution in [3.8, 4) is 22.6 Å². The van der Waals surface area contributed by atoms with Gasteiger partial charge in [-0.25, -0.2) is 4.79 Å². The summed E-state index contributed by atoms with van der Waals surface area (Å²) in [6.07, 6.45) is 10.1. The maximum atomic E-state index is 12.9. The molecule has 4 aromatic rings. The first kappa shape index (κ1) is 34.4. The monoisotopic (exact) mass is 622 g/mol. The third-order valence-electron chi connectivity index (χ3n) is 8.17. The van der Waals surface area contributed by atoms with E-state index in [0.29, 0.717) is 30.1 Å². The largest absolute Gasteiger partial charge is 0.465 e. The molecule has 6 heteroatoms. The standard InChI is InChI=1S/C40H46O6/c1-4-6-8-10-11-13-38(41)45-36-23-20-31(21-24-36)30-14-16-32(17-15-30)40(43)46-37-25-22-34-27-33(18-19-35(34)28-37)29(3)39(42)44-26-12-9-7-5-2/h14-25,27-29H,4-13,26H2,1-3H3/t29-/m0/s1. The van der Waals surface area contributed by atoms with Crippen molar-refractivity contribution in [3.63, 3.8) is 0 Å². The lowest BCUT2D eigenvalue weighted by Gasteiger charge is -2.13. The van der Waals surface area contributed by atoms with Crippen molar-refractivity contribution in [1.29, 1.82) is 0 Å². The van der Waals surface area contributed by atoms with E-state index in [0.717, 1.165) is 72.4 Å². The molecule has 0 unspecified atom stereocenters. The van der Waals surface area contributed by atoms with Gasteiger partial charge in [0.05, 0.1) is 18.1 Å². The van der Waals surface area contributed by atoms with Crippen molar-refractivity contribution in [2.45, 2.75) is 90.9 Å². The van der Waals surface area contributed by atoms with Crippen LogP contribution in [-0.4, -0.2) is 24.5 Å². The van der Waals surface area contributed by atoms with Gasteiger partial charge in [-0.1, -0.05) is 107 Å². The Kier molecular flexibility index (Phi) is 13.4. The van der Waals surface area contributed by atoms with Gasteiger partial charge in [-0.15, -0.1) is 0 Å². The van der Waals surface area contributed by atoms with Gasteiger partial charge in [0.15, 0.2) is 0 Å². The minimum atomic E-state index is -0.449. The zero-order valence-electron chi connectivity index (χ0n) is 27.4. The van der Waals surface area contributed by atoms with Crippen LogP contribution in [0.4, 0.5) is 0 Å². The number of ether oxygens (including phenoxy) is 3. The number of benzene rings is 4. The first-order valence-corrected chi connectivity index (χ1v) is 16.7. The smallest absolute Gasteiger partial charge is 0.343 e. The lowest BCUT2D eigenvalue weighted by Crippen LogP contribution is -2.14. The van der Waals surface area contributed by atoms with Crippen LogP contribution in [0.1, 0.15) is 107 Å². The van der Waals surface area contributed by atoms with Gasteiger partial charge < -0.3 is 14.2 Å². The van der Waals surface area contributed by atoms with Gasteiger partial charge in [-0.05, 0) is 83.6 Å². The van der Waals surface area contributed by atoms with E-state index < -0.39 is 5.97 Å². The molecule has 0 saturated heterocycles. The summed E-state index contributed by atoms with van der Waals surface area (Å²) in [5, 5.41) is 1.86. The minimum absolute atomic E-state index is 0.205. The van der Waals surface area contributed by atoms with Crippen molar-refractivity contribution >= 4 is 28.7 Å². The molecule has 0 radical (unpaired) electrons. The molecule has 4 rings (SSSR count). The Morgan fingerprint density at radius 3 is 1.89 bits per heavy atom. The quantitative estimate of drug-likeness (QED) is 0.0662. The van der Waals surface area contributed by atoms with Gasteiger partial charge in [0, 0.05) is 6.42 Å². The Labute approximate surface area is 273 Å². The SMILES string of the molecule is CCCCCCCC(=O)Oc1ccc(-c2ccc(C(=O)Oc3ccc4cc([C@H](C)C(=O)OCCCCCC)ccc4c3)cc2)cc1. The van der Waals surface area contributed by atoms with E-state index in [1.165, 1.54) is 12.8 Å². The number of carbonyl (C=O) groups is 3. The first-order chi connectivity index (χ1) is 22.4. The van der Waals surface area contributed by atoms with Crippen molar-refractivity contribution in [1.82, 2.24) is 0 Å². The molecule has 0 N–H and O–H groups in total. The highest BCUT2D eigenvalue weighted by molar-refractivity contribution is 5.93. The Morgan fingerprint density at radius 2 is 1.20 bits per heavy atom. The summed E-state index contributed by atoms with van der Waals surface area (Å²) in [6.45, 7) is 6.64. The van der Waals surface area contributed by atoms with Crippen molar-refractivity contribution in [2.75, 3.05) is 6.61 Å². The van der Waals surface area contributed by atoms with Crippen LogP contribution in [0.2, 0.25) is 0 Å². The maximum absolute atomic E-state index is 12.9. The first-order valence-electron chi connectivity index (χ1n) is 16.7. The molecule has 46 heavy (non-hydrogen) atoms. The van der Waals surface area contributed by atoms with Crippen molar-refractivity contribution in [3.05, 3.63) is 96.1 Å². The van der Waals surface area contributed by atoms with Crippen molar-refractivity contribution < 1.29 is 28.6 Å². The number of fused-ring (bicyclic) bond motifs is 1. The van der Waals surface area contributed by atoms with Crippen molar-refractivity contribution in [2.24, 2.45) is 0 Å². The Morgan fingerprint density at radius 1 is 0.609 bits per heavy atom. The molecule has 0 bridgehead atoms. The molecule has 0 saturated carbocycles. The number of carbonyl (C=O) groups excluding carboxylic acids is 3. The molecule has 0 fully saturated rings. The van der Waals surface area contributed by atoms with E-state index in [1.54, 1.807) is 30.3 Å². The predicted octanol–water partition coefficient (Wildman–Crippen LogP) is 10.2. The molecule has 242 valence electrons.